The minimum Gasteiger partial charge on any atom is -0.462 e. The molecule has 0 bridgehead atoms. The molecule has 0 aromatic heterocycles. The maximum atomic E-state index is 12.8. The lowest BCUT2D eigenvalue weighted by molar-refractivity contribution is -0.167. The molecule has 0 fully saturated rings. The molecule has 0 heterocycles. The fourth-order valence-corrected chi connectivity index (χ4v) is 9.61. The van der Waals surface area contributed by atoms with E-state index in [2.05, 4.69) is 81.5 Å². The van der Waals surface area contributed by atoms with Crippen molar-refractivity contribution in [1.29, 1.82) is 0 Å². The number of esters is 3. The standard InChI is InChI=1S/C69H124O6/c1-4-7-10-13-16-19-21-23-24-25-26-27-28-29-30-31-32-33-34-35-36-37-38-39-40-41-42-43-44-46-47-50-53-56-59-62-68(71)74-65-66(64-73-67(70)61-58-55-52-49-18-15-12-9-6-3)75-69(72)63-60-57-54-51-48-45-22-20-17-14-11-8-5-2/h7,10,16,19-20,22-24,26-27,66H,4-6,8-9,11-15,17-18,21,25,28-65H2,1-3H3/b10-7-,19-16-,22-20-,24-23-,27-26-. The first-order valence-electron chi connectivity index (χ1n) is 32.8. The second-order valence-electron chi connectivity index (χ2n) is 22.0. The second kappa shape index (κ2) is 63.6. The van der Waals surface area contributed by atoms with Gasteiger partial charge in [-0.1, -0.05) is 300 Å². The quantitative estimate of drug-likeness (QED) is 0.0261. The van der Waals surface area contributed by atoms with Crippen LogP contribution in [0.25, 0.3) is 0 Å². The van der Waals surface area contributed by atoms with Crippen molar-refractivity contribution >= 4 is 17.9 Å². The highest BCUT2D eigenvalue weighted by Crippen LogP contribution is 2.18. The summed E-state index contributed by atoms with van der Waals surface area (Å²) in [5.41, 5.74) is 0. The molecule has 0 rings (SSSR count). The van der Waals surface area contributed by atoms with Gasteiger partial charge in [-0.15, -0.1) is 0 Å². The first-order chi connectivity index (χ1) is 37.0. The van der Waals surface area contributed by atoms with Crippen molar-refractivity contribution < 1.29 is 28.6 Å². The van der Waals surface area contributed by atoms with Gasteiger partial charge in [-0.3, -0.25) is 14.4 Å². The number of rotatable bonds is 60. The van der Waals surface area contributed by atoms with Crippen molar-refractivity contribution in [2.24, 2.45) is 0 Å². The summed E-state index contributed by atoms with van der Waals surface area (Å²) in [5, 5.41) is 0. The number of unbranched alkanes of at least 4 members (excludes halogenated alkanes) is 39. The van der Waals surface area contributed by atoms with Crippen molar-refractivity contribution in [2.75, 3.05) is 13.2 Å². The van der Waals surface area contributed by atoms with Crippen molar-refractivity contribution in [1.82, 2.24) is 0 Å². The van der Waals surface area contributed by atoms with Crippen molar-refractivity contribution in [3.63, 3.8) is 0 Å². The maximum absolute atomic E-state index is 12.8. The van der Waals surface area contributed by atoms with E-state index in [1.54, 1.807) is 0 Å². The Hall–Kier alpha value is -2.89. The molecule has 0 amide bonds. The van der Waals surface area contributed by atoms with Gasteiger partial charge in [0, 0.05) is 19.3 Å². The number of carbonyl (C=O) groups excluding carboxylic acids is 3. The van der Waals surface area contributed by atoms with Gasteiger partial charge in [-0.25, -0.2) is 0 Å². The van der Waals surface area contributed by atoms with Crippen LogP contribution in [-0.4, -0.2) is 37.2 Å². The summed E-state index contributed by atoms with van der Waals surface area (Å²) in [6, 6.07) is 0. The van der Waals surface area contributed by atoms with Crippen molar-refractivity contribution in [2.45, 2.75) is 348 Å². The SMILES string of the molecule is CC/C=C\C/C=C\C/C=C\C/C=C\CCCCCCCCCCCCCCCCCCCCCCCCC(=O)OCC(COC(=O)CCCCCCCCCCC)OC(=O)CCCCCCC/C=C\CCCCCC. The number of ether oxygens (including phenoxy) is 3. The Kier molecular flexibility index (Phi) is 61.2. The van der Waals surface area contributed by atoms with Crippen LogP contribution in [0.3, 0.4) is 0 Å². The molecule has 0 aromatic rings. The van der Waals surface area contributed by atoms with E-state index >= 15 is 0 Å². The molecule has 0 spiro atoms. The van der Waals surface area contributed by atoms with E-state index in [-0.39, 0.29) is 31.1 Å². The zero-order valence-electron chi connectivity index (χ0n) is 50.1. The van der Waals surface area contributed by atoms with E-state index in [4.69, 9.17) is 14.2 Å². The Morgan fingerprint density at radius 3 is 0.840 bits per heavy atom. The lowest BCUT2D eigenvalue weighted by atomic mass is 10.0. The highest BCUT2D eigenvalue weighted by atomic mass is 16.6. The molecule has 0 saturated carbocycles. The largest absolute Gasteiger partial charge is 0.462 e. The van der Waals surface area contributed by atoms with Gasteiger partial charge in [0.05, 0.1) is 0 Å². The zero-order chi connectivity index (χ0) is 54.3. The van der Waals surface area contributed by atoms with E-state index in [9.17, 15) is 14.4 Å². The van der Waals surface area contributed by atoms with E-state index in [1.165, 1.54) is 212 Å². The molecule has 0 radical (unpaired) electrons. The Balaban J connectivity index is 3.96. The van der Waals surface area contributed by atoms with Gasteiger partial charge in [0.15, 0.2) is 6.10 Å². The second-order valence-corrected chi connectivity index (χ2v) is 22.0. The molecular weight excluding hydrogens is 925 g/mol. The van der Waals surface area contributed by atoms with Crippen LogP contribution < -0.4 is 0 Å². The molecule has 0 aromatic carbocycles. The van der Waals surface area contributed by atoms with Crippen molar-refractivity contribution in [3.8, 4) is 0 Å². The molecule has 0 saturated heterocycles. The summed E-state index contributed by atoms with van der Waals surface area (Å²) < 4.78 is 16.8. The normalized spacial score (nSPS) is 12.4. The summed E-state index contributed by atoms with van der Waals surface area (Å²) in [5.74, 6) is -0.866. The lowest BCUT2D eigenvalue weighted by Crippen LogP contribution is -2.30. The molecule has 0 aliphatic carbocycles. The minimum atomic E-state index is -0.772. The van der Waals surface area contributed by atoms with E-state index in [0.29, 0.717) is 19.3 Å². The summed E-state index contributed by atoms with van der Waals surface area (Å²) in [7, 11) is 0. The lowest BCUT2D eigenvalue weighted by Gasteiger charge is -2.18. The van der Waals surface area contributed by atoms with Gasteiger partial charge in [-0.2, -0.15) is 0 Å². The Labute approximate surface area is 466 Å². The summed E-state index contributed by atoms with van der Waals surface area (Å²) in [4.78, 5) is 38.1. The monoisotopic (exact) mass is 1050 g/mol. The Bertz CT molecular complexity index is 1340. The van der Waals surface area contributed by atoms with Gasteiger partial charge in [0.1, 0.15) is 13.2 Å². The van der Waals surface area contributed by atoms with E-state index in [0.717, 1.165) is 89.9 Å². The van der Waals surface area contributed by atoms with Gasteiger partial charge in [0.25, 0.3) is 0 Å². The van der Waals surface area contributed by atoms with Crippen LogP contribution in [0.5, 0.6) is 0 Å². The highest BCUT2D eigenvalue weighted by molar-refractivity contribution is 5.71. The predicted molar refractivity (Wildman–Crippen MR) is 325 cm³/mol. The van der Waals surface area contributed by atoms with Crippen LogP contribution in [0.1, 0.15) is 342 Å². The first-order valence-corrected chi connectivity index (χ1v) is 32.8. The Morgan fingerprint density at radius 1 is 0.280 bits per heavy atom. The summed E-state index contributed by atoms with van der Waals surface area (Å²) in [6.07, 6.45) is 81.3. The number of hydrogen-bond acceptors (Lipinski definition) is 6. The third-order valence-corrected chi connectivity index (χ3v) is 14.5. The molecule has 0 aliphatic rings. The molecule has 1 atom stereocenters. The predicted octanol–water partition coefficient (Wildman–Crippen LogP) is 22.3. The van der Waals surface area contributed by atoms with E-state index < -0.39 is 6.10 Å². The van der Waals surface area contributed by atoms with Gasteiger partial charge in [-0.05, 0) is 83.5 Å². The average Bonchev–Trinajstić information content (AvgIpc) is 3.41. The molecule has 75 heavy (non-hydrogen) atoms. The molecular formula is C69H124O6. The molecule has 0 aliphatic heterocycles. The average molecular weight is 1050 g/mol. The molecule has 1 unspecified atom stereocenters. The number of hydrogen-bond donors (Lipinski definition) is 0. The zero-order valence-corrected chi connectivity index (χ0v) is 50.1. The van der Waals surface area contributed by atoms with Gasteiger partial charge < -0.3 is 14.2 Å². The smallest absolute Gasteiger partial charge is 0.306 e. The fourth-order valence-electron chi connectivity index (χ4n) is 9.61. The van der Waals surface area contributed by atoms with Crippen LogP contribution in [0.4, 0.5) is 0 Å². The van der Waals surface area contributed by atoms with Crippen molar-refractivity contribution in [3.05, 3.63) is 60.8 Å². The number of carbonyl (C=O) groups is 3. The molecule has 436 valence electrons. The van der Waals surface area contributed by atoms with E-state index in [1.807, 2.05) is 0 Å². The third kappa shape index (κ3) is 61.8. The van der Waals surface area contributed by atoms with Crippen LogP contribution in [0.15, 0.2) is 60.8 Å². The Morgan fingerprint density at radius 2 is 0.520 bits per heavy atom. The van der Waals surface area contributed by atoms with Crippen LogP contribution in [-0.2, 0) is 28.6 Å². The molecule has 0 N–H and O–H groups in total. The number of allylic oxidation sites excluding steroid dienone is 10. The molecule has 6 nitrogen and oxygen atoms in total. The highest BCUT2D eigenvalue weighted by Gasteiger charge is 2.19. The summed E-state index contributed by atoms with van der Waals surface area (Å²) >= 11 is 0. The van der Waals surface area contributed by atoms with Crippen LogP contribution in [0, 0.1) is 0 Å². The third-order valence-electron chi connectivity index (χ3n) is 14.5. The molecule has 6 heteroatoms. The maximum Gasteiger partial charge on any atom is 0.306 e. The van der Waals surface area contributed by atoms with Gasteiger partial charge in [0.2, 0.25) is 0 Å². The first kappa shape index (κ1) is 72.1. The fraction of sp³-hybridized carbons (Fsp3) is 0.812. The van der Waals surface area contributed by atoms with Crippen LogP contribution in [0.2, 0.25) is 0 Å². The van der Waals surface area contributed by atoms with Gasteiger partial charge >= 0.3 is 17.9 Å². The van der Waals surface area contributed by atoms with Crippen LogP contribution >= 0.6 is 0 Å². The topological polar surface area (TPSA) is 78.9 Å². The summed E-state index contributed by atoms with van der Waals surface area (Å²) in [6.45, 7) is 6.52. The minimum absolute atomic E-state index is 0.0716.